The number of carbonyl (C=O) groups is 1. The van der Waals surface area contributed by atoms with Crippen LogP contribution >= 0.6 is 0 Å². The van der Waals surface area contributed by atoms with E-state index in [4.69, 9.17) is 4.74 Å². The molecule has 1 aromatic heterocycles. The number of hydrogen-bond acceptors (Lipinski definition) is 5. The van der Waals surface area contributed by atoms with Crippen LogP contribution in [0.5, 0.6) is 0 Å². The Labute approximate surface area is 142 Å². The lowest BCUT2D eigenvalue weighted by Crippen LogP contribution is -2.21. The highest BCUT2D eigenvalue weighted by molar-refractivity contribution is 5.83. The van der Waals surface area contributed by atoms with Crippen LogP contribution in [0.4, 0.5) is 27.7 Å². The predicted molar refractivity (Wildman–Crippen MR) is 98.2 cm³/mol. The molecule has 0 saturated carbocycles. The Morgan fingerprint density at radius 3 is 2.25 bits per heavy atom. The molecule has 0 aliphatic heterocycles. The third kappa shape index (κ3) is 4.87. The summed E-state index contributed by atoms with van der Waals surface area (Å²) < 4.78 is 4.81. The van der Waals surface area contributed by atoms with E-state index in [1.807, 2.05) is 18.2 Å². The van der Waals surface area contributed by atoms with Gasteiger partial charge in [0, 0.05) is 24.5 Å². The van der Waals surface area contributed by atoms with Crippen LogP contribution in [0.25, 0.3) is 0 Å². The number of pyridine rings is 1. The normalized spacial score (nSPS) is 10.1. The van der Waals surface area contributed by atoms with Crippen LogP contribution < -0.4 is 15.5 Å². The molecule has 0 saturated heterocycles. The zero-order valence-corrected chi connectivity index (χ0v) is 14.4. The number of rotatable bonds is 7. The summed E-state index contributed by atoms with van der Waals surface area (Å²) in [5, 5.41) is 5.85. The number of benzene rings is 1. The standard InChI is InChI=1S/C18H24N4O2/c1-4-22(5-2)16-10-7-14(8-11-16)20-15-9-12-17(19-13-15)21-18(23)24-6-3/h7-13,20H,4-6H2,1-3H3,(H,19,21,23). The van der Waals surface area contributed by atoms with Gasteiger partial charge in [-0.2, -0.15) is 0 Å². The molecule has 0 fully saturated rings. The SMILES string of the molecule is CCOC(=O)Nc1ccc(Nc2ccc(N(CC)CC)cc2)cn1. The molecule has 0 bridgehead atoms. The molecule has 0 spiro atoms. The molecular formula is C18H24N4O2. The Morgan fingerprint density at radius 2 is 1.71 bits per heavy atom. The first-order valence-corrected chi connectivity index (χ1v) is 8.18. The van der Waals surface area contributed by atoms with Crippen LogP contribution in [0, 0.1) is 0 Å². The first kappa shape index (κ1) is 17.6. The number of aromatic nitrogens is 1. The Balaban J connectivity index is 1.97. The molecule has 1 aromatic carbocycles. The third-order valence-electron chi connectivity index (χ3n) is 3.55. The topological polar surface area (TPSA) is 66.5 Å². The fourth-order valence-corrected chi connectivity index (χ4v) is 2.32. The molecule has 1 amide bonds. The second kappa shape index (κ2) is 8.76. The molecule has 2 aromatic rings. The lowest BCUT2D eigenvalue weighted by molar-refractivity contribution is 0.168. The van der Waals surface area contributed by atoms with E-state index in [1.54, 1.807) is 19.2 Å². The van der Waals surface area contributed by atoms with Gasteiger partial charge < -0.3 is 15.0 Å². The van der Waals surface area contributed by atoms with E-state index in [0.29, 0.717) is 12.4 Å². The molecular weight excluding hydrogens is 304 g/mol. The van der Waals surface area contributed by atoms with Gasteiger partial charge in [0.15, 0.2) is 0 Å². The summed E-state index contributed by atoms with van der Waals surface area (Å²) >= 11 is 0. The smallest absolute Gasteiger partial charge is 0.412 e. The summed E-state index contributed by atoms with van der Waals surface area (Å²) in [6, 6.07) is 11.9. The molecule has 128 valence electrons. The van der Waals surface area contributed by atoms with Gasteiger partial charge in [0.1, 0.15) is 5.82 Å². The first-order chi connectivity index (χ1) is 11.7. The van der Waals surface area contributed by atoms with Gasteiger partial charge in [-0.3, -0.25) is 5.32 Å². The summed E-state index contributed by atoms with van der Waals surface area (Å²) in [7, 11) is 0. The largest absolute Gasteiger partial charge is 0.450 e. The molecule has 24 heavy (non-hydrogen) atoms. The van der Waals surface area contributed by atoms with Crippen molar-refractivity contribution in [2.75, 3.05) is 35.2 Å². The maximum absolute atomic E-state index is 11.3. The van der Waals surface area contributed by atoms with Crippen molar-refractivity contribution in [1.29, 1.82) is 0 Å². The average molecular weight is 328 g/mol. The van der Waals surface area contributed by atoms with Gasteiger partial charge in [-0.05, 0) is 57.2 Å². The van der Waals surface area contributed by atoms with Crippen LogP contribution in [-0.2, 0) is 4.74 Å². The number of anilines is 4. The second-order valence-corrected chi connectivity index (χ2v) is 5.12. The maximum Gasteiger partial charge on any atom is 0.412 e. The number of carbonyl (C=O) groups excluding carboxylic acids is 1. The highest BCUT2D eigenvalue weighted by Gasteiger charge is 2.04. The summed E-state index contributed by atoms with van der Waals surface area (Å²) in [5.74, 6) is 0.455. The Hall–Kier alpha value is -2.76. The maximum atomic E-state index is 11.3. The Kier molecular flexibility index (Phi) is 6.42. The van der Waals surface area contributed by atoms with Gasteiger partial charge in [0.25, 0.3) is 0 Å². The number of hydrogen-bond donors (Lipinski definition) is 2. The molecule has 0 radical (unpaired) electrons. The van der Waals surface area contributed by atoms with Crippen molar-refractivity contribution >= 4 is 29.0 Å². The van der Waals surface area contributed by atoms with Crippen molar-refractivity contribution in [2.24, 2.45) is 0 Å². The molecule has 6 nitrogen and oxygen atoms in total. The summed E-state index contributed by atoms with van der Waals surface area (Å²) in [6.07, 6.45) is 1.16. The fraction of sp³-hybridized carbons (Fsp3) is 0.333. The van der Waals surface area contributed by atoms with Crippen LogP contribution in [0.2, 0.25) is 0 Å². The first-order valence-electron chi connectivity index (χ1n) is 8.18. The van der Waals surface area contributed by atoms with Gasteiger partial charge in [-0.1, -0.05) is 0 Å². The molecule has 0 aliphatic rings. The van der Waals surface area contributed by atoms with E-state index in [0.717, 1.165) is 24.5 Å². The highest BCUT2D eigenvalue weighted by atomic mass is 16.5. The lowest BCUT2D eigenvalue weighted by Gasteiger charge is -2.21. The number of nitrogens with zero attached hydrogens (tertiary/aromatic N) is 2. The molecule has 0 unspecified atom stereocenters. The van der Waals surface area contributed by atoms with E-state index in [1.165, 1.54) is 5.69 Å². The quantitative estimate of drug-likeness (QED) is 0.796. The van der Waals surface area contributed by atoms with Crippen LogP contribution in [0.15, 0.2) is 42.6 Å². The van der Waals surface area contributed by atoms with E-state index < -0.39 is 6.09 Å². The average Bonchev–Trinajstić information content (AvgIpc) is 2.59. The number of amides is 1. The zero-order valence-electron chi connectivity index (χ0n) is 14.4. The van der Waals surface area contributed by atoms with E-state index in [9.17, 15) is 4.79 Å². The van der Waals surface area contributed by atoms with Crippen LogP contribution in [0.3, 0.4) is 0 Å². The van der Waals surface area contributed by atoms with Gasteiger partial charge >= 0.3 is 6.09 Å². The van der Waals surface area contributed by atoms with Crippen molar-refractivity contribution in [3.63, 3.8) is 0 Å². The predicted octanol–water partition coefficient (Wildman–Crippen LogP) is 4.24. The minimum Gasteiger partial charge on any atom is -0.450 e. The second-order valence-electron chi connectivity index (χ2n) is 5.12. The highest BCUT2D eigenvalue weighted by Crippen LogP contribution is 2.21. The minimum absolute atomic E-state index is 0.328. The third-order valence-corrected chi connectivity index (χ3v) is 3.55. The van der Waals surface area contributed by atoms with Crippen LogP contribution in [0.1, 0.15) is 20.8 Å². The van der Waals surface area contributed by atoms with Gasteiger partial charge in [0.05, 0.1) is 18.5 Å². The Bertz CT molecular complexity index is 637. The van der Waals surface area contributed by atoms with Crippen molar-refractivity contribution in [1.82, 2.24) is 4.98 Å². The minimum atomic E-state index is -0.502. The van der Waals surface area contributed by atoms with Crippen molar-refractivity contribution < 1.29 is 9.53 Å². The number of ether oxygens (including phenoxy) is 1. The Morgan fingerprint density at radius 1 is 1.04 bits per heavy atom. The molecule has 0 aliphatic carbocycles. The van der Waals surface area contributed by atoms with E-state index in [2.05, 4.69) is 46.5 Å². The van der Waals surface area contributed by atoms with Crippen molar-refractivity contribution in [2.45, 2.75) is 20.8 Å². The van der Waals surface area contributed by atoms with E-state index in [-0.39, 0.29) is 0 Å². The zero-order chi connectivity index (χ0) is 17.4. The summed E-state index contributed by atoms with van der Waals surface area (Å²) in [4.78, 5) is 17.8. The van der Waals surface area contributed by atoms with Crippen molar-refractivity contribution in [3.05, 3.63) is 42.6 Å². The van der Waals surface area contributed by atoms with Gasteiger partial charge in [-0.15, -0.1) is 0 Å². The van der Waals surface area contributed by atoms with Crippen LogP contribution in [-0.4, -0.2) is 30.8 Å². The monoisotopic (exact) mass is 328 g/mol. The molecule has 2 N–H and O–H groups in total. The molecule has 6 heteroatoms. The number of nitrogens with one attached hydrogen (secondary N) is 2. The molecule has 2 rings (SSSR count). The summed E-state index contributed by atoms with van der Waals surface area (Å²) in [6.45, 7) is 8.35. The molecule has 1 heterocycles. The molecule has 0 atom stereocenters. The fourth-order valence-electron chi connectivity index (χ4n) is 2.32. The van der Waals surface area contributed by atoms with Gasteiger partial charge in [0.2, 0.25) is 0 Å². The van der Waals surface area contributed by atoms with E-state index >= 15 is 0 Å². The summed E-state index contributed by atoms with van der Waals surface area (Å²) in [5.41, 5.74) is 3.04. The lowest BCUT2D eigenvalue weighted by atomic mass is 10.2. The van der Waals surface area contributed by atoms with Gasteiger partial charge in [-0.25, -0.2) is 9.78 Å². The van der Waals surface area contributed by atoms with Crippen molar-refractivity contribution in [3.8, 4) is 0 Å².